The van der Waals surface area contributed by atoms with Gasteiger partial charge in [0.2, 0.25) is 0 Å². The Hall–Kier alpha value is -2.49. The fraction of sp³-hybridized carbons (Fsp3) is 0.458. The minimum Gasteiger partial charge on any atom is -0.493 e. The van der Waals surface area contributed by atoms with Gasteiger partial charge in [0.25, 0.3) is 5.91 Å². The van der Waals surface area contributed by atoms with Crippen LogP contribution < -0.4 is 14.8 Å². The molecule has 152 valence electrons. The van der Waals surface area contributed by atoms with Gasteiger partial charge in [0, 0.05) is 16.7 Å². The summed E-state index contributed by atoms with van der Waals surface area (Å²) in [5, 5.41) is 2.99. The molecule has 1 amide bonds. The van der Waals surface area contributed by atoms with E-state index in [1.54, 1.807) is 6.07 Å². The highest BCUT2D eigenvalue weighted by atomic mass is 16.5. The number of nitrogens with one attached hydrogen (secondary N) is 1. The molecule has 4 heteroatoms. The number of carbonyl (C=O) groups is 1. The van der Waals surface area contributed by atoms with Crippen LogP contribution in [0.5, 0.6) is 11.5 Å². The maximum Gasteiger partial charge on any atom is 0.251 e. The maximum atomic E-state index is 12.5. The highest BCUT2D eigenvalue weighted by molar-refractivity contribution is 5.95. The quantitative estimate of drug-likeness (QED) is 0.717. The summed E-state index contributed by atoms with van der Waals surface area (Å²) in [6.45, 7) is 15.3. The van der Waals surface area contributed by atoms with Crippen LogP contribution >= 0.6 is 0 Å². The highest BCUT2D eigenvalue weighted by Gasteiger charge is 2.17. The van der Waals surface area contributed by atoms with Crippen molar-refractivity contribution in [3.63, 3.8) is 0 Å². The summed E-state index contributed by atoms with van der Waals surface area (Å²) in [5.74, 6) is 1.42. The number of carbonyl (C=O) groups excluding carboxylic acids is 1. The van der Waals surface area contributed by atoms with Crippen molar-refractivity contribution in [1.82, 2.24) is 5.32 Å². The van der Waals surface area contributed by atoms with E-state index in [1.165, 1.54) is 5.56 Å². The fourth-order valence-corrected chi connectivity index (χ4v) is 2.75. The molecule has 0 saturated carbocycles. The summed E-state index contributed by atoms with van der Waals surface area (Å²) in [6.07, 6.45) is 0. The Kier molecular flexibility index (Phi) is 6.76. The molecule has 0 spiro atoms. The molecule has 0 aromatic heterocycles. The second kappa shape index (κ2) is 8.68. The van der Waals surface area contributed by atoms with E-state index < -0.39 is 0 Å². The Bertz CT molecular complexity index is 796. The standard InChI is InChI=1S/C24H33NO3/c1-8-27-21-14-9-17(22(26)25-24(5,6)7)15-18(21)16-28-20-12-10-19(11-13-20)23(2,3)4/h9-15H,8,16H2,1-7H3,(H,25,26). The molecule has 2 aromatic carbocycles. The van der Waals surface area contributed by atoms with Gasteiger partial charge in [-0.1, -0.05) is 32.9 Å². The monoisotopic (exact) mass is 383 g/mol. The van der Waals surface area contributed by atoms with Gasteiger partial charge in [0.1, 0.15) is 18.1 Å². The molecular formula is C24H33NO3. The van der Waals surface area contributed by atoms with Crippen LogP contribution in [0.3, 0.4) is 0 Å². The fourth-order valence-electron chi connectivity index (χ4n) is 2.75. The first kappa shape index (κ1) is 21.8. The Morgan fingerprint density at radius 1 is 0.929 bits per heavy atom. The van der Waals surface area contributed by atoms with E-state index in [9.17, 15) is 4.79 Å². The van der Waals surface area contributed by atoms with E-state index in [2.05, 4.69) is 38.2 Å². The molecule has 0 bridgehead atoms. The molecule has 0 aliphatic heterocycles. The molecule has 0 aliphatic rings. The average molecular weight is 384 g/mol. The molecule has 2 aromatic rings. The van der Waals surface area contributed by atoms with Gasteiger partial charge in [-0.25, -0.2) is 0 Å². The molecule has 0 atom stereocenters. The minimum absolute atomic E-state index is 0.105. The lowest BCUT2D eigenvalue weighted by molar-refractivity contribution is 0.0919. The summed E-state index contributed by atoms with van der Waals surface area (Å²) >= 11 is 0. The van der Waals surface area contributed by atoms with Crippen molar-refractivity contribution < 1.29 is 14.3 Å². The zero-order chi connectivity index (χ0) is 20.9. The topological polar surface area (TPSA) is 47.6 Å². The summed E-state index contributed by atoms with van der Waals surface area (Å²) in [7, 11) is 0. The van der Waals surface area contributed by atoms with Crippen molar-refractivity contribution in [2.75, 3.05) is 6.61 Å². The molecule has 0 saturated heterocycles. The first-order valence-electron chi connectivity index (χ1n) is 9.81. The van der Waals surface area contributed by atoms with E-state index in [1.807, 2.05) is 52.0 Å². The number of ether oxygens (including phenoxy) is 2. The van der Waals surface area contributed by atoms with Crippen LogP contribution in [0.4, 0.5) is 0 Å². The average Bonchev–Trinajstić information content (AvgIpc) is 2.59. The molecule has 4 nitrogen and oxygen atoms in total. The smallest absolute Gasteiger partial charge is 0.251 e. The number of hydrogen-bond acceptors (Lipinski definition) is 3. The molecule has 0 aliphatic carbocycles. The molecule has 0 radical (unpaired) electrons. The van der Waals surface area contributed by atoms with Crippen LogP contribution in [-0.2, 0) is 12.0 Å². The Labute approximate surface area is 169 Å². The first-order chi connectivity index (χ1) is 13.0. The predicted octanol–water partition coefficient (Wildman–Crippen LogP) is 5.49. The summed E-state index contributed by atoms with van der Waals surface area (Å²) in [5.41, 5.74) is 2.52. The number of amides is 1. The van der Waals surface area contributed by atoms with Gasteiger partial charge in [-0.2, -0.15) is 0 Å². The zero-order valence-electron chi connectivity index (χ0n) is 18.2. The second-order valence-corrected chi connectivity index (χ2v) is 9.02. The van der Waals surface area contributed by atoms with Crippen LogP contribution in [0.2, 0.25) is 0 Å². The van der Waals surface area contributed by atoms with E-state index in [-0.39, 0.29) is 16.9 Å². The number of hydrogen-bond donors (Lipinski definition) is 1. The largest absolute Gasteiger partial charge is 0.493 e. The molecule has 0 fully saturated rings. The van der Waals surface area contributed by atoms with E-state index in [4.69, 9.17) is 9.47 Å². The van der Waals surface area contributed by atoms with E-state index in [0.717, 1.165) is 17.1 Å². The molecule has 2 rings (SSSR count). The molecular weight excluding hydrogens is 350 g/mol. The predicted molar refractivity (Wildman–Crippen MR) is 114 cm³/mol. The van der Waals surface area contributed by atoms with Gasteiger partial charge in [0.05, 0.1) is 6.61 Å². The number of rotatable bonds is 6. The summed E-state index contributed by atoms with van der Waals surface area (Å²) in [4.78, 5) is 12.5. The Morgan fingerprint density at radius 2 is 1.57 bits per heavy atom. The first-order valence-corrected chi connectivity index (χ1v) is 9.81. The Balaban J connectivity index is 2.18. The van der Waals surface area contributed by atoms with Gasteiger partial charge >= 0.3 is 0 Å². The summed E-state index contributed by atoms with van der Waals surface area (Å²) in [6, 6.07) is 13.6. The lowest BCUT2D eigenvalue weighted by Gasteiger charge is -2.21. The van der Waals surface area contributed by atoms with Crippen molar-refractivity contribution >= 4 is 5.91 Å². The molecule has 0 unspecified atom stereocenters. The van der Waals surface area contributed by atoms with Crippen molar-refractivity contribution in [2.24, 2.45) is 0 Å². The highest BCUT2D eigenvalue weighted by Crippen LogP contribution is 2.26. The third kappa shape index (κ3) is 6.29. The van der Waals surface area contributed by atoms with Gasteiger partial charge in [-0.3, -0.25) is 4.79 Å². The van der Waals surface area contributed by atoms with Gasteiger partial charge in [-0.05, 0) is 69.0 Å². The van der Waals surface area contributed by atoms with Gasteiger partial charge in [0.15, 0.2) is 0 Å². The van der Waals surface area contributed by atoms with Crippen molar-refractivity contribution in [3.05, 3.63) is 59.2 Å². The van der Waals surface area contributed by atoms with Crippen molar-refractivity contribution in [1.29, 1.82) is 0 Å². The molecule has 28 heavy (non-hydrogen) atoms. The molecule has 0 heterocycles. The van der Waals surface area contributed by atoms with Gasteiger partial charge in [-0.15, -0.1) is 0 Å². The van der Waals surface area contributed by atoms with E-state index >= 15 is 0 Å². The second-order valence-electron chi connectivity index (χ2n) is 9.02. The van der Waals surface area contributed by atoms with Crippen LogP contribution in [0, 0.1) is 0 Å². The van der Waals surface area contributed by atoms with Crippen LogP contribution in [0.15, 0.2) is 42.5 Å². The SMILES string of the molecule is CCOc1ccc(C(=O)NC(C)(C)C)cc1COc1ccc(C(C)(C)C)cc1. The van der Waals surface area contributed by atoms with Crippen molar-refractivity contribution in [3.8, 4) is 11.5 Å². The maximum absolute atomic E-state index is 12.5. The van der Waals surface area contributed by atoms with Crippen LogP contribution in [-0.4, -0.2) is 18.1 Å². The van der Waals surface area contributed by atoms with Crippen molar-refractivity contribution in [2.45, 2.75) is 66.0 Å². The van der Waals surface area contributed by atoms with E-state index in [0.29, 0.717) is 18.8 Å². The summed E-state index contributed by atoms with van der Waals surface area (Å²) < 4.78 is 11.7. The van der Waals surface area contributed by atoms with Gasteiger partial charge < -0.3 is 14.8 Å². The zero-order valence-corrected chi connectivity index (χ0v) is 18.2. The molecule has 1 N–H and O–H groups in total. The lowest BCUT2D eigenvalue weighted by Crippen LogP contribution is -2.40. The Morgan fingerprint density at radius 3 is 2.11 bits per heavy atom. The third-order valence-corrected chi connectivity index (χ3v) is 4.23. The normalized spacial score (nSPS) is 11.8. The third-order valence-electron chi connectivity index (χ3n) is 4.23. The van der Waals surface area contributed by atoms with Crippen LogP contribution in [0.25, 0.3) is 0 Å². The van der Waals surface area contributed by atoms with Crippen LogP contribution in [0.1, 0.15) is 70.0 Å². The minimum atomic E-state index is -0.291. The number of benzene rings is 2. The lowest BCUT2D eigenvalue weighted by atomic mass is 9.87.